The van der Waals surface area contributed by atoms with Crippen molar-refractivity contribution < 1.29 is 0 Å². The molecule has 0 amide bonds. The molecule has 0 aromatic carbocycles. The van der Waals surface area contributed by atoms with E-state index in [-0.39, 0.29) is 0 Å². The molecule has 1 unspecified atom stereocenters. The second-order valence-corrected chi connectivity index (χ2v) is 4.08. The number of nitrogens with one attached hydrogen (secondary N) is 1. The molecule has 1 atom stereocenters. The third kappa shape index (κ3) is 1.33. The Kier molecular flexibility index (Phi) is 1.95. The van der Waals surface area contributed by atoms with Gasteiger partial charge in [0.05, 0.1) is 11.9 Å². The van der Waals surface area contributed by atoms with Crippen LogP contribution in [0.3, 0.4) is 0 Å². The van der Waals surface area contributed by atoms with E-state index in [4.69, 9.17) is 0 Å². The zero-order valence-electron chi connectivity index (χ0n) is 8.77. The average Bonchev–Trinajstić information content (AvgIpc) is 2.82. The molecule has 4 heteroatoms. The first kappa shape index (κ1) is 8.85. The maximum atomic E-state index is 4.53. The molecule has 0 spiro atoms. The number of nitrogens with zero attached hydrogens (tertiary/aromatic N) is 3. The van der Waals surface area contributed by atoms with Crippen molar-refractivity contribution in [1.29, 1.82) is 0 Å². The SMILES string of the molecule is Cc1nc2cnccn2c1C1CCNC1. The second kappa shape index (κ2) is 3.31. The molecule has 1 N–H and O–H groups in total. The summed E-state index contributed by atoms with van der Waals surface area (Å²) in [6.45, 7) is 4.26. The molecular weight excluding hydrogens is 188 g/mol. The Balaban J connectivity index is 2.19. The second-order valence-electron chi connectivity index (χ2n) is 4.08. The normalized spacial score (nSPS) is 21.3. The zero-order chi connectivity index (χ0) is 10.3. The van der Waals surface area contributed by atoms with Crippen LogP contribution in [-0.4, -0.2) is 27.5 Å². The molecule has 0 saturated carbocycles. The van der Waals surface area contributed by atoms with Gasteiger partial charge in [-0.1, -0.05) is 0 Å². The molecule has 0 bridgehead atoms. The van der Waals surface area contributed by atoms with Gasteiger partial charge in [-0.15, -0.1) is 0 Å². The van der Waals surface area contributed by atoms with Crippen LogP contribution in [0, 0.1) is 6.92 Å². The maximum absolute atomic E-state index is 4.53. The largest absolute Gasteiger partial charge is 0.316 e. The molecule has 3 heterocycles. The monoisotopic (exact) mass is 202 g/mol. The van der Waals surface area contributed by atoms with Crippen molar-refractivity contribution in [1.82, 2.24) is 19.7 Å². The van der Waals surface area contributed by atoms with Crippen LogP contribution in [0.2, 0.25) is 0 Å². The van der Waals surface area contributed by atoms with Gasteiger partial charge in [-0.2, -0.15) is 0 Å². The van der Waals surface area contributed by atoms with E-state index in [1.165, 1.54) is 12.1 Å². The van der Waals surface area contributed by atoms with Crippen LogP contribution >= 0.6 is 0 Å². The molecular formula is C11H14N4. The Morgan fingerprint density at radius 2 is 2.47 bits per heavy atom. The van der Waals surface area contributed by atoms with E-state index in [9.17, 15) is 0 Å². The van der Waals surface area contributed by atoms with Crippen molar-refractivity contribution in [2.24, 2.45) is 0 Å². The molecule has 2 aromatic rings. The standard InChI is InChI=1S/C11H14N4/c1-8-11(9-2-3-12-6-9)15-5-4-13-7-10(15)14-8/h4-5,7,9,12H,2-3,6H2,1H3. The first-order valence-corrected chi connectivity index (χ1v) is 5.35. The van der Waals surface area contributed by atoms with Gasteiger partial charge >= 0.3 is 0 Å². The summed E-state index contributed by atoms with van der Waals surface area (Å²) in [5, 5.41) is 3.40. The third-order valence-corrected chi connectivity index (χ3v) is 3.10. The lowest BCUT2D eigenvalue weighted by Crippen LogP contribution is -2.10. The average molecular weight is 202 g/mol. The molecule has 15 heavy (non-hydrogen) atoms. The highest BCUT2D eigenvalue weighted by molar-refractivity contribution is 5.41. The summed E-state index contributed by atoms with van der Waals surface area (Å²) in [5.41, 5.74) is 3.44. The summed E-state index contributed by atoms with van der Waals surface area (Å²) in [7, 11) is 0. The number of rotatable bonds is 1. The highest BCUT2D eigenvalue weighted by atomic mass is 15.0. The number of imidazole rings is 1. The number of hydrogen-bond donors (Lipinski definition) is 1. The van der Waals surface area contributed by atoms with Crippen molar-refractivity contribution >= 4 is 5.65 Å². The first-order chi connectivity index (χ1) is 7.36. The van der Waals surface area contributed by atoms with Crippen LogP contribution in [-0.2, 0) is 0 Å². The summed E-state index contributed by atoms with van der Waals surface area (Å²) in [6, 6.07) is 0. The van der Waals surface area contributed by atoms with E-state index in [1.54, 1.807) is 0 Å². The Morgan fingerprint density at radius 1 is 1.53 bits per heavy atom. The smallest absolute Gasteiger partial charge is 0.155 e. The highest BCUT2D eigenvalue weighted by Gasteiger charge is 2.22. The van der Waals surface area contributed by atoms with Crippen molar-refractivity contribution in [3.05, 3.63) is 30.0 Å². The summed E-state index contributed by atoms with van der Waals surface area (Å²) in [6.07, 6.45) is 6.85. The van der Waals surface area contributed by atoms with Crippen LogP contribution in [0.15, 0.2) is 18.6 Å². The number of hydrogen-bond acceptors (Lipinski definition) is 3. The van der Waals surface area contributed by atoms with Gasteiger partial charge in [-0.05, 0) is 19.9 Å². The first-order valence-electron chi connectivity index (χ1n) is 5.35. The van der Waals surface area contributed by atoms with Crippen molar-refractivity contribution in [2.45, 2.75) is 19.3 Å². The fraction of sp³-hybridized carbons (Fsp3) is 0.455. The fourth-order valence-electron chi connectivity index (χ4n) is 2.42. The highest BCUT2D eigenvalue weighted by Crippen LogP contribution is 2.25. The molecule has 0 aliphatic carbocycles. The molecule has 1 aliphatic heterocycles. The van der Waals surface area contributed by atoms with Crippen LogP contribution in [0.1, 0.15) is 23.7 Å². The van der Waals surface area contributed by atoms with Gasteiger partial charge in [0.25, 0.3) is 0 Å². The molecule has 0 radical (unpaired) electrons. The van der Waals surface area contributed by atoms with Crippen molar-refractivity contribution in [2.75, 3.05) is 13.1 Å². The van der Waals surface area contributed by atoms with Crippen LogP contribution in [0.4, 0.5) is 0 Å². The summed E-state index contributed by atoms with van der Waals surface area (Å²) >= 11 is 0. The molecule has 1 aliphatic rings. The molecule has 3 rings (SSSR count). The molecule has 78 valence electrons. The van der Waals surface area contributed by atoms with Crippen molar-refractivity contribution in [3.63, 3.8) is 0 Å². The fourth-order valence-corrected chi connectivity index (χ4v) is 2.42. The zero-order valence-corrected chi connectivity index (χ0v) is 8.77. The minimum atomic E-state index is 0.599. The van der Waals surface area contributed by atoms with Gasteiger partial charge in [-0.3, -0.25) is 4.98 Å². The van der Waals surface area contributed by atoms with E-state index in [0.717, 1.165) is 24.4 Å². The van der Waals surface area contributed by atoms with E-state index in [0.29, 0.717) is 5.92 Å². The van der Waals surface area contributed by atoms with E-state index in [1.807, 2.05) is 18.6 Å². The predicted octanol–water partition coefficient (Wildman–Crippen LogP) is 1.11. The molecule has 2 aromatic heterocycles. The van der Waals surface area contributed by atoms with E-state index < -0.39 is 0 Å². The lowest BCUT2D eigenvalue weighted by atomic mass is 10.0. The minimum absolute atomic E-state index is 0.599. The van der Waals surface area contributed by atoms with Crippen LogP contribution in [0.25, 0.3) is 5.65 Å². The van der Waals surface area contributed by atoms with Gasteiger partial charge in [0.15, 0.2) is 5.65 Å². The van der Waals surface area contributed by atoms with Crippen molar-refractivity contribution in [3.8, 4) is 0 Å². The lowest BCUT2D eigenvalue weighted by Gasteiger charge is -2.08. The Labute approximate surface area is 88.4 Å². The van der Waals surface area contributed by atoms with Gasteiger partial charge in [0.1, 0.15) is 0 Å². The Bertz CT molecular complexity index is 482. The minimum Gasteiger partial charge on any atom is -0.316 e. The number of aromatic nitrogens is 3. The number of fused-ring (bicyclic) bond motifs is 1. The molecule has 1 saturated heterocycles. The van der Waals surface area contributed by atoms with Crippen LogP contribution < -0.4 is 5.32 Å². The Morgan fingerprint density at radius 3 is 3.27 bits per heavy atom. The topological polar surface area (TPSA) is 42.2 Å². The molecule has 4 nitrogen and oxygen atoms in total. The van der Waals surface area contributed by atoms with Crippen LogP contribution in [0.5, 0.6) is 0 Å². The van der Waals surface area contributed by atoms with E-state index >= 15 is 0 Å². The third-order valence-electron chi connectivity index (χ3n) is 3.10. The predicted molar refractivity (Wildman–Crippen MR) is 58.0 cm³/mol. The van der Waals surface area contributed by atoms with Gasteiger partial charge in [0.2, 0.25) is 0 Å². The van der Waals surface area contributed by atoms with Gasteiger partial charge < -0.3 is 9.72 Å². The maximum Gasteiger partial charge on any atom is 0.155 e. The molecule has 1 fully saturated rings. The summed E-state index contributed by atoms with van der Waals surface area (Å²) < 4.78 is 2.17. The van der Waals surface area contributed by atoms with E-state index in [2.05, 4.69) is 26.6 Å². The summed E-state index contributed by atoms with van der Waals surface area (Å²) in [5.74, 6) is 0.599. The Hall–Kier alpha value is -1.42. The number of aryl methyl sites for hydroxylation is 1. The van der Waals surface area contributed by atoms with Gasteiger partial charge in [-0.25, -0.2) is 4.98 Å². The van der Waals surface area contributed by atoms with Gasteiger partial charge in [0, 0.05) is 30.6 Å². The quantitative estimate of drug-likeness (QED) is 0.753. The summed E-state index contributed by atoms with van der Waals surface area (Å²) in [4.78, 5) is 8.63. The lowest BCUT2D eigenvalue weighted by molar-refractivity contribution is 0.719.